The highest BCUT2D eigenvalue weighted by Gasteiger charge is 2.50. The van der Waals surface area contributed by atoms with Crippen LogP contribution in [0.1, 0.15) is 54.2 Å². The molecule has 0 aromatic carbocycles. The van der Waals surface area contributed by atoms with Crippen LogP contribution >= 0.6 is 0 Å². The third-order valence-electron chi connectivity index (χ3n) is 10.3. The molecule has 0 radical (unpaired) electrons. The lowest BCUT2D eigenvalue weighted by atomic mass is 9.90. The highest BCUT2D eigenvalue weighted by molar-refractivity contribution is 5.87. The Morgan fingerprint density at radius 1 is 1.26 bits per heavy atom. The number of amides is 1. The quantitative estimate of drug-likeness (QED) is 0.471. The van der Waals surface area contributed by atoms with E-state index in [2.05, 4.69) is 44.4 Å². The zero-order valence-corrected chi connectivity index (χ0v) is 25.1. The van der Waals surface area contributed by atoms with Crippen LogP contribution in [0.4, 0.5) is 20.3 Å². The zero-order chi connectivity index (χ0) is 29.9. The molecular weight excluding hydrogens is 556 g/mol. The topological polar surface area (TPSA) is 79.2 Å². The molecular formula is C31H41F2N7O3. The lowest BCUT2D eigenvalue weighted by molar-refractivity contribution is -0.128. The second kappa shape index (κ2) is 11.1. The van der Waals surface area contributed by atoms with Gasteiger partial charge in [-0.3, -0.25) is 14.4 Å². The van der Waals surface area contributed by atoms with E-state index in [9.17, 15) is 13.6 Å². The molecule has 232 valence electrons. The van der Waals surface area contributed by atoms with Crippen LogP contribution in [0.3, 0.4) is 0 Å². The fraction of sp³-hybridized carbons (Fsp3) is 0.645. The molecule has 1 amide bonds. The summed E-state index contributed by atoms with van der Waals surface area (Å²) in [6, 6.07) is 2.68. The van der Waals surface area contributed by atoms with Crippen LogP contribution in [0.2, 0.25) is 0 Å². The lowest BCUT2D eigenvalue weighted by Crippen LogP contribution is -2.69. The molecule has 3 saturated heterocycles. The first-order valence-electron chi connectivity index (χ1n) is 15.5. The Morgan fingerprint density at radius 2 is 2.07 bits per heavy atom. The average molecular weight is 598 g/mol. The van der Waals surface area contributed by atoms with E-state index in [1.165, 1.54) is 6.08 Å². The molecule has 3 fully saturated rings. The summed E-state index contributed by atoms with van der Waals surface area (Å²) in [4.78, 5) is 25.5. The molecule has 4 atom stereocenters. The van der Waals surface area contributed by atoms with Crippen molar-refractivity contribution in [2.75, 3.05) is 75.9 Å². The van der Waals surface area contributed by atoms with E-state index in [4.69, 9.17) is 9.47 Å². The summed E-state index contributed by atoms with van der Waals surface area (Å²) in [5, 5.41) is 4.66. The number of methoxy groups -OCH3 is 1. The normalized spacial score (nSPS) is 28.9. The van der Waals surface area contributed by atoms with Crippen LogP contribution in [0, 0.1) is 6.92 Å². The van der Waals surface area contributed by atoms with Crippen molar-refractivity contribution in [2.24, 2.45) is 0 Å². The molecule has 2 aromatic rings. The van der Waals surface area contributed by atoms with Gasteiger partial charge in [0.2, 0.25) is 5.91 Å². The van der Waals surface area contributed by atoms with Gasteiger partial charge in [0.15, 0.2) is 0 Å². The first kappa shape index (κ1) is 28.7. The number of fused-ring (bicyclic) bond motifs is 5. The van der Waals surface area contributed by atoms with Crippen LogP contribution in [-0.2, 0) is 26.3 Å². The molecule has 0 N–H and O–H groups in total. The predicted octanol–water partition coefficient (Wildman–Crippen LogP) is 3.07. The molecule has 43 heavy (non-hydrogen) atoms. The minimum Gasteiger partial charge on any atom is -0.382 e. The minimum absolute atomic E-state index is 0.00572. The fourth-order valence-corrected chi connectivity index (χ4v) is 8.11. The Morgan fingerprint density at radius 3 is 2.81 bits per heavy atom. The van der Waals surface area contributed by atoms with Gasteiger partial charge >= 0.3 is 0 Å². The number of hydrogen-bond donors (Lipinski definition) is 0. The van der Waals surface area contributed by atoms with Crippen LogP contribution in [0.15, 0.2) is 24.9 Å². The SMILES string of the molecule is C=CC(=O)N1CCN([C@@H]2CN3c4cc(N5CC[C@@]6(C5)OC[C@H](COC)n5ncc(C)c56)nc(C(F)F)c4CCCC23)CC1. The molecule has 0 aliphatic carbocycles. The standard InChI is InChI=1S/C31H41F2N7O3/c1-4-27(41)37-12-10-36(11-13-37)25-16-39-23(25)7-5-6-22-24(39)14-26(35-28(22)30(32)33)38-9-8-31(19-38)29-20(2)15-34-40(29)21(17-42-3)18-43-31/h4,14-15,21,23,25,30H,1,5-13,16-19H2,2-3H3/t21-,23?,25+,31-/m0/s1. The van der Waals surface area contributed by atoms with Crippen LogP contribution in [-0.4, -0.2) is 109 Å². The number of alkyl halides is 2. The van der Waals surface area contributed by atoms with Gasteiger partial charge in [0, 0.05) is 82.2 Å². The van der Waals surface area contributed by atoms with E-state index >= 15 is 0 Å². The predicted molar refractivity (Wildman–Crippen MR) is 158 cm³/mol. The Labute approximate surface area is 251 Å². The van der Waals surface area contributed by atoms with Gasteiger partial charge in [-0.15, -0.1) is 0 Å². The van der Waals surface area contributed by atoms with Crippen molar-refractivity contribution < 1.29 is 23.0 Å². The number of aromatic nitrogens is 3. The summed E-state index contributed by atoms with van der Waals surface area (Å²) in [6.07, 6.45) is 3.77. The maximum atomic E-state index is 14.6. The van der Waals surface area contributed by atoms with Gasteiger partial charge in [0.25, 0.3) is 6.43 Å². The largest absolute Gasteiger partial charge is 0.382 e. The number of ether oxygens (including phenoxy) is 2. The number of pyridine rings is 1. The van der Waals surface area contributed by atoms with Crippen LogP contribution in [0.25, 0.3) is 0 Å². The van der Waals surface area contributed by atoms with Gasteiger partial charge in [0.05, 0.1) is 37.7 Å². The molecule has 5 aliphatic rings. The van der Waals surface area contributed by atoms with Crippen molar-refractivity contribution in [2.45, 2.75) is 62.8 Å². The van der Waals surface area contributed by atoms with Crippen molar-refractivity contribution in [1.82, 2.24) is 24.6 Å². The van der Waals surface area contributed by atoms with E-state index < -0.39 is 12.0 Å². The first-order valence-corrected chi connectivity index (χ1v) is 15.5. The van der Waals surface area contributed by atoms with Gasteiger partial charge in [-0.2, -0.15) is 5.10 Å². The van der Waals surface area contributed by atoms with Crippen LogP contribution in [0.5, 0.6) is 0 Å². The van der Waals surface area contributed by atoms with Crippen molar-refractivity contribution in [3.05, 3.63) is 47.4 Å². The smallest absolute Gasteiger partial charge is 0.280 e. The molecule has 10 nitrogen and oxygen atoms in total. The summed E-state index contributed by atoms with van der Waals surface area (Å²) >= 11 is 0. The Balaban J connectivity index is 1.14. The third-order valence-corrected chi connectivity index (χ3v) is 10.3. The molecule has 12 heteroatoms. The monoisotopic (exact) mass is 597 g/mol. The Kier molecular flexibility index (Phi) is 7.41. The van der Waals surface area contributed by atoms with Gasteiger partial charge in [-0.1, -0.05) is 6.58 Å². The summed E-state index contributed by atoms with van der Waals surface area (Å²) in [7, 11) is 1.68. The molecule has 0 saturated carbocycles. The molecule has 2 aromatic heterocycles. The van der Waals surface area contributed by atoms with Crippen molar-refractivity contribution in [3.63, 3.8) is 0 Å². The van der Waals surface area contributed by atoms with E-state index in [0.29, 0.717) is 63.2 Å². The second-order valence-corrected chi connectivity index (χ2v) is 12.6. The average Bonchev–Trinajstić information content (AvgIpc) is 3.57. The fourth-order valence-electron chi connectivity index (χ4n) is 8.11. The Hall–Kier alpha value is -3.09. The van der Waals surface area contributed by atoms with Crippen molar-refractivity contribution in [1.29, 1.82) is 0 Å². The van der Waals surface area contributed by atoms with Crippen molar-refractivity contribution in [3.8, 4) is 0 Å². The number of aryl methyl sites for hydroxylation is 1. The number of carbonyl (C=O) groups excluding carboxylic acids is 1. The molecule has 7 rings (SSSR count). The van der Waals surface area contributed by atoms with Gasteiger partial charge < -0.3 is 24.2 Å². The number of anilines is 2. The number of halogens is 2. The zero-order valence-electron chi connectivity index (χ0n) is 25.1. The minimum atomic E-state index is -2.64. The highest BCUT2D eigenvalue weighted by Crippen LogP contribution is 2.46. The van der Waals surface area contributed by atoms with E-state index in [1.807, 2.05) is 15.8 Å². The van der Waals surface area contributed by atoms with Gasteiger partial charge in [0.1, 0.15) is 17.1 Å². The molecule has 1 spiro atoms. The van der Waals surface area contributed by atoms with E-state index in [-0.39, 0.29) is 23.7 Å². The van der Waals surface area contributed by atoms with E-state index in [0.717, 1.165) is 55.8 Å². The maximum absolute atomic E-state index is 14.6. The summed E-state index contributed by atoms with van der Waals surface area (Å²) in [5.74, 6) is 0.576. The number of piperazine rings is 1. The number of carbonyl (C=O) groups is 1. The van der Waals surface area contributed by atoms with Crippen molar-refractivity contribution >= 4 is 17.4 Å². The lowest BCUT2D eigenvalue weighted by Gasteiger charge is -2.55. The van der Waals surface area contributed by atoms with Gasteiger partial charge in [-0.25, -0.2) is 13.8 Å². The Bertz CT molecular complexity index is 1390. The second-order valence-electron chi connectivity index (χ2n) is 12.6. The molecule has 1 unspecified atom stereocenters. The number of hydrogen-bond acceptors (Lipinski definition) is 8. The molecule has 0 bridgehead atoms. The summed E-state index contributed by atoms with van der Waals surface area (Å²) in [5.41, 5.74) is 3.07. The number of rotatable bonds is 6. The van der Waals surface area contributed by atoms with E-state index in [1.54, 1.807) is 7.11 Å². The summed E-state index contributed by atoms with van der Waals surface area (Å²) in [6.45, 7) is 11.7. The molecule has 7 heterocycles. The number of nitrogens with zero attached hydrogens (tertiary/aromatic N) is 7. The maximum Gasteiger partial charge on any atom is 0.280 e. The third kappa shape index (κ3) is 4.73. The van der Waals surface area contributed by atoms with Crippen LogP contribution < -0.4 is 9.80 Å². The first-order chi connectivity index (χ1) is 20.8. The van der Waals surface area contributed by atoms with Gasteiger partial charge in [-0.05, 0) is 37.8 Å². The highest BCUT2D eigenvalue weighted by atomic mass is 19.3. The molecule has 5 aliphatic heterocycles. The summed E-state index contributed by atoms with van der Waals surface area (Å²) < 4.78 is 43.2.